The summed E-state index contributed by atoms with van der Waals surface area (Å²) in [6.07, 6.45) is 5.01. The average molecular weight is 781 g/mol. The third-order valence-electron chi connectivity index (χ3n) is 12.0. The molecule has 1 saturated heterocycles. The van der Waals surface area contributed by atoms with Crippen molar-refractivity contribution < 1.29 is 41.8 Å². The highest BCUT2D eigenvalue weighted by atomic mass is 32.2. The average Bonchev–Trinajstić information content (AvgIpc) is 4.05. The number of nitrogens with zero attached hydrogens (tertiary/aromatic N) is 1. The molecule has 55 heavy (non-hydrogen) atoms. The first-order valence-corrected chi connectivity index (χ1v) is 20.7. The first-order valence-electron chi connectivity index (χ1n) is 19.2. The minimum atomic E-state index is -3.91. The second kappa shape index (κ2) is 14.7. The molecule has 2 aromatic carbocycles. The molecule has 0 spiro atoms. The molecule has 3 N–H and O–H groups in total. The zero-order valence-electron chi connectivity index (χ0n) is 33.1. The van der Waals surface area contributed by atoms with Gasteiger partial charge in [0.15, 0.2) is 0 Å². The zero-order valence-corrected chi connectivity index (χ0v) is 33.9. The number of ether oxygens (including phenoxy) is 3. The zero-order chi connectivity index (χ0) is 40.1. The Balaban J connectivity index is 1.42. The fourth-order valence-electron chi connectivity index (χ4n) is 8.10. The molecule has 6 rings (SSSR count). The lowest BCUT2D eigenvalue weighted by atomic mass is 9.83. The number of aryl methyl sites for hydroxylation is 1. The molecule has 13 nitrogen and oxygen atoms in total. The van der Waals surface area contributed by atoms with E-state index < -0.39 is 73.6 Å². The number of hydrogen-bond acceptors (Lipinski definition) is 9. The Morgan fingerprint density at radius 2 is 1.78 bits per heavy atom. The van der Waals surface area contributed by atoms with Crippen LogP contribution in [0.1, 0.15) is 90.7 Å². The van der Waals surface area contributed by atoms with Crippen molar-refractivity contribution in [1.82, 2.24) is 20.3 Å². The van der Waals surface area contributed by atoms with E-state index in [2.05, 4.69) is 41.8 Å². The quantitative estimate of drug-likeness (QED) is 0.317. The summed E-state index contributed by atoms with van der Waals surface area (Å²) in [7, 11) is -0.713. The van der Waals surface area contributed by atoms with Crippen LogP contribution >= 0.6 is 0 Å². The number of sulfonamides is 1. The number of nitrogens with one attached hydrogen (secondary N) is 3. The smallest absolute Gasteiger partial charge is 0.407 e. The highest BCUT2D eigenvalue weighted by molar-refractivity contribution is 7.91. The summed E-state index contributed by atoms with van der Waals surface area (Å²) in [5.74, 6) is -1.75. The van der Waals surface area contributed by atoms with Gasteiger partial charge < -0.3 is 29.7 Å². The molecule has 2 saturated carbocycles. The third kappa shape index (κ3) is 8.21. The van der Waals surface area contributed by atoms with Crippen molar-refractivity contribution in [1.29, 1.82) is 0 Å². The lowest BCUT2D eigenvalue weighted by Gasteiger charge is -2.36. The summed E-state index contributed by atoms with van der Waals surface area (Å²) < 4.78 is 45.5. The molecule has 5 bridgehead atoms. The van der Waals surface area contributed by atoms with E-state index in [0.29, 0.717) is 19.3 Å². The summed E-state index contributed by atoms with van der Waals surface area (Å²) in [4.78, 5) is 57.8. The topological polar surface area (TPSA) is 169 Å². The van der Waals surface area contributed by atoms with Gasteiger partial charge in [0.2, 0.25) is 21.8 Å². The van der Waals surface area contributed by atoms with Crippen LogP contribution in [0.5, 0.6) is 5.75 Å². The number of carbonyl (C=O) groups excluding carboxylic acids is 4. The molecule has 2 aromatic rings. The number of rotatable bonds is 8. The number of benzene rings is 2. The van der Waals surface area contributed by atoms with Crippen LogP contribution in [0.15, 0.2) is 43.0 Å². The van der Waals surface area contributed by atoms with Gasteiger partial charge in [0.1, 0.15) is 29.0 Å². The normalized spacial score (nSPS) is 28.7. The number of carbonyl (C=O) groups is 4. The second-order valence-electron chi connectivity index (χ2n) is 17.6. The fraction of sp³-hybridized carbons (Fsp3) is 0.610. The largest absolute Gasteiger partial charge is 0.496 e. The standard InChI is InChI=1S/C41H56N4O9S/c1-9-28-22-41(28,36(48)44-55(50,51)30-14-15-30)43-34(46)31-23-40(53-8)24-45(31)35(47)33(38(2,3)4)42-37(49)54-18-17-39(5,6)16-10-11-26-19-27-20-29(40)13-12-25(27)21-32(26)52-7/h9,12-13,19-21,28,30-31,33H,1,10-11,14-18,22-24H2,2-8H3,(H,42,49)(H,43,46)(H,44,48)/t28-,31+,33-,40+,41-/m1/s1. The number of cyclic esters (lactones) is 1. The van der Waals surface area contributed by atoms with Crippen LogP contribution in [0.4, 0.5) is 4.79 Å². The number of hydrogen-bond donors (Lipinski definition) is 3. The van der Waals surface area contributed by atoms with Crippen LogP contribution < -0.4 is 20.1 Å². The Morgan fingerprint density at radius 3 is 2.40 bits per heavy atom. The molecule has 0 aromatic heterocycles. The Morgan fingerprint density at radius 1 is 1.05 bits per heavy atom. The molecular formula is C41H56N4O9S. The Bertz CT molecular complexity index is 1990. The number of methoxy groups -OCH3 is 2. The van der Waals surface area contributed by atoms with Crippen LogP contribution in [0.3, 0.4) is 0 Å². The van der Waals surface area contributed by atoms with Crippen LogP contribution in [-0.2, 0) is 45.9 Å². The van der Waals surface area contributed by atoms with Crippen LogP contribution in [0.25, 0.3) is 10.8 Å². The SMILES string of the molecule is C=C[C@@H]1C[C@]1(NC(=O)[C@@H]1C[C@]2(OC)CN1C(=O)[C@H](C(C)(C)C)NC(=O)OCCC(C)(C)CCCc1cc3cc2ccc3cc1OC)C(=O)NS(=O)(=O)C1CC1. The lowest BCUT2D eigenvalue weighted by Crippen LogP contribution is -2.60. The van der Waals surface area contributed by atoms with Gasteiger partial charge in [-0.25, -0.2) is 13.2 Å². The van der Waals surface area contributed by atoms with Gasteiger partial charge in [-0.3, -0.25) is 19.1 Å². The lowest BCUT2D eigenvalue weighted by molar-refractivity contribution is -0.143. The predicted molar refractivity (Wildman–Crippen MR) is 208 cm³/mol. The van der Waals surface area contributed by atoms with Gasteiger partial charge in [-0.2, -0.15) is 0 Å². The van der Waals surface area contributed by atoms with Crippen molar-refractivity contribution in [3.63, 3.8) is 0 Å². The summed E-state index contributed by atoms with van der Waals surface area (Å²) in [5.41, 5.74) is -1.88. The van der Waals surface area contributed by atoms with E-state index in [4.69, 9.17) is 14.2 Å². The summed E-state index contributed by atoms with van der Waals surface area (Å²) >= 11 is 0. The summed E-state index contributed by atoms with van der Waals surface area (Å²) in [5, 5.41) is 6.91. The van der Waals surface area contributed by atoms with E-state index in [1.807, 2.05) is 45.0 Å². The monoisotopic (exact) mass is 780 g/mol. The Hall–Kier alpha value is -4.17. The highest BCUT2D eigenvalue weighted by Gasteiger charge is 2.62. The molecule has 0 unspecified atom stereocenters. The van der Waals surface area contributed by atoms with E-state index in [1.165, 1.54) is 18.1 Å². The Kier molecular flexibility index (Phi) is 10.8. The fourth-order valence-corrected chi connectivity index (χ4v) is 9.47. The first kappa shape index (κ1) is 40.5. The van der Waals surface area contributed by atoms with E-state index in [9.17, 15) is 27.6 Å². The van der Waals surface area contributed by atoms with E-state index >= 15 is 0 Å². The predicted octanol–water partition coefficient (Wildman–Crippen LogP) is 4.85. The van der Waals surface area contributed by atoms with Gasteiger partial charge in [-0.05, 0) is 95.9 Å². The third-order valence-corrected chi connectivity index (χ3v) is 13.8. The maximum atomic E-state index is 14.8. The van der Waals surface area contributed by atoms with E-state index in [-0.39, 0.29) is 31.4 Å². The van der Waals surface area contributed by atoms with Crippen molar-refractivity contribution >= 4 is 44.6 Å². The molecule has 14 heteroatoms. The van der Waals surface area contributed by atoms with Crippen molar-refractivity contribution in [2.75, 3.05) is 27.4 Å². The molecule has 4 aliphatic rings. The van der Waals surface area contributed by atoms with Crippen molar-refractivity contribution in [3.05, 3.63) is 54.1 Å². The molecule has 300 valence electrons. The van der Waals surface area contributed by atoms with Gasteiger partial charge in [-0.1, -0.05) is 52.8 Å². The highest BCUT2D eigenvalue weighted by Crippen LogP contribution is 2.47. The number of amides is 4. The molecule has 2 aliphatic heterocycles. The van der Waals surface area contributed by atoms with Crippen molar-refractivity contribution in [3.8, 4) is 5.75 Å². The summed E-state index contributed by atoms with van der Waals surface area (Å²) in [6.45, 7) is 13.6. The number of alkyl carbamates (subject to hydrolysis) is 1. The van der Waals surface area contributed by atoms with Crippen LogP contribution in [0, 0.1) is 16.7 Å². The maximum absolute atomic E-state index is 14.8. The van der Waals surface area contributed by atoms with Crippen LogP contribution in [0.2, 0.25) is 0 Å². The van der Waals surface area contributed by atoms with Gasteiger partial charge >= 0.3 is 6.09 Å². The van der Waals surface area contributed by atoms with Crippen molar-refractivity contribution in [2.45, 2.75) is 114 Å². The van der Waals surface area contributed by atoms with E-state index in [1.54, 1.807) is 7.11 Å². The minimum Gasteiger partial charge on any atom is -0.496 e. The van der Waals surface area contributed by atoms with E-state index in [0.717, 1.165) is 46.9 Å². The Labute approximate surface area is 324 Å². The second-order valence-corrected chi connectivity index (χ2v) is 19.6. The van der Waals surface area contributed by atoms with Crippen molar-refractivity contribution in [2.24, 2.45) is 16.7 Å². The minimum absolute atomic E-state index is 0.0167. The van der Waals surface area contributed by atoms with Gasteiger partial charge in [0, 0.05) is 19.4 Å². The summed E-state index contributed by atoms with van der Waals surface area (Å²) in [6, 6.07) is 7.77. The van der Waals surface area contributed by atoms with Gasteiger partial charge in [0.05, 0.1) is 25.5 Å². The molecule has 4 amide bonds. The molecule has 2 heterocycles. The molecule has 2 aliphatic carbocycles. The van der Waals surface area contributed by atoms with Crippen LogP contribution in [-0.4, -0.2) is 87.4 Å². The van der Waals surface area contributed by atoms with Gasteiger partial charge in [-0.15, -0.1) is 6.58 Å². The molecule has 3 fully saturated rings. The maximum Gasteiger partial charge on any atom is 0.407 e. The molecule has 0 radical (unpaired) electrons. The van der Waals surface area contributed by atoms with Gasteiger partial charge in [0.25, 0.3) is 5.91 Å². The number of fused-ring (bicyclic) bond motifs is 5. The first-order chi connectivity index (χ1) is 25.8. The molecule has 5 atom stereocenters. The molecular weight excluding hydrogens is 725 g/mol.